The maximum atomic E-state index is 11.3. The van der Waals surface area contributed by atoms with Gasteiger partial charge in [-0.2, -0.15) is 0 Å². The summed E-state index contributed by atoms with van der Waals surface area (Å²) in [5.41, 5.74) is 0. The van der Waals surface area contributed by atoms with E-state index in [-0.39, 0.29) is 5.25 Å². The summed E-state index contributed by atoms with van der Waals surface area (Å²) in [6, 6.07) is 0. The van der Waals surface area contributed by atoms with Crippen LogP contribution >= 0.6 is 11.6 Å². The summed E-state index contributed by atoms with van der Waals surface area (Å²) in [6.07, 6.45) is 3.55. The molecule has 86 valence electrons. The Morgan fingerprint density at radius 1 is 1.53 bits per heavy atom. The van der Waals surface area contributed by atoms with Crippen LogP contribution in [-0.2, 0) is 23.8 Å². The third kappa shape index (κ3) is 3.28. The molecule has 2 atom stereocenters. The number of rotatable bonds is 5. The van der Waals surface area contributed by atoms with Crippen molar-refractivity contribution in [2.24, 2.45) is 0 Å². The van der Waals surface area contributed by atoms with Crippen molar-refractivity contribution in [2.75, 3.05) is 6.26 Å². The molecule has 6 heteroatoms. The molecule has 0 saturated carbocycles. The fraction of sp³-hybridized carbons (Fsp3) is 0.778. The van der Waals surface area contributed by atoms with Gasteiger partial charge in [0.1, 0.15) is 5.82 Å². The van der Waals surface area contributed by atoms with Crippen LogP contribution in [0, 0.1) is 0 Å². The average molecular weight is 250 g/mol. The second-order valence-electron chi connectivity index (χ2n) is 3.56. The zero-order valence-electron chi connectivity index (χ0n) is 9.23. The summed E-state index contributed by atoms with van der Waals surface area (Å²) in [7, 11) is -0.850. The first-order chi connectivity index (χ1) is 7.06. The van der Waals surface area contributed by atoms with E-state index in [1.165, 1.54) is 0 Å². The highest BCUT2D eigenvalue weighted by molar-refractivity contribution is 7.84. The van der Waals surface area contributed by atoms with Gasteiger partial charge in [0.2, 0.25) is 5.28 Å². The molecule has 0 saturated heterocycles. The fourth-order valence-corrected chi connectivity index (χ4v) is 1.83. The van der Waals surface area contributed by atoms with Crippen molar-refractivity contribution in [3.63, 3.8) is 0 Å². The normalized spacial score (nSPS) is 15.2. The van der Waals surface area contributed by atoms with Crippen molar-refractivity contribution in [3.8, 4) is 0 Å². The molecular formula is C9H16ClN3OS. The molecule has 0 aromatic carbocycles. The Morgan fingerprint density at radius 2 is 2.20 bits per heavy atom. The topological polar surface area (TPSA) is 47.8 Å². The van der Waals surface area contributed by atoms with Crippen LogP contribution < -0.4 is 0 Å². The van der Waals surface area contributed by atoms with Gasteiger partial charge in [0.15, 0.2) is 0 Å². The summed E-state index contributed by atoms with van der Waals surface area (Å²) in [5.74, 6) is 0.875. The Bertz CT molecular complexity index is 353. The van der Waals surface area contributed by atoms with E-state index < -0.39 is 10.8 Å². The number of hydrogen-bond donors (Lipinski definition) is 0. The van der Waals surface area contributed by atoms with E-state index in [2.05, 4.69) is 17.1 Å². The van der Waals surface area contributed by atoms with Crippen LogP contribution in [-0.4, -0.2) is 30.5 Å². The molecule has 15 heavy (non-hydrogen) atoms. The Balaban J connectivity index is 2.82. The molecule has 0 aliphatic carbocycles. The van der Waals surface area contributed by atoms with Gasteiger partial charge in [-0.25, -0.2) is 0 Å². The van der Waals surface area contributed by atoms with E-state index in [9.17, 15) is 4.21 Å². The molecule has 0 N–H and O–H groups in total. The first kappa shape index (κ1) is 12.6. The lowest BCUT2D eigenvalue weighted by molar-refractivity contribution is 0.618. The van der Waals surface area contributed by atoms with Gasteiger partial charge in [-0.3, -0.25) is 4.21 Å². The van der Waals surface area contributed by atoms with Crippen molar-refractivity contribution in [2.45, 2.75) is 38.5 Å². The molecule has 0 amide bonds. The Morgan fingerprint density at radius 3 is 2.73 bits per heavy atom. The number of halogens is 1. The minimum atomic E-state index is -0.850. The summed E-state index contributed by atoms with van der Waals surface area (Å²) in [5, 5.41) is 8.28. The van der Waals surface area contributed by atoms with Crippen molar-refractivity contribution in [3.05, 3.63) is 11.1 Å². The molecule has 0 bridgehead atoms. The lowest BCUT2D eigenvalue weighted by Gasteiger charge is -2.11. The standard InChI is InChI=1S/C9H16ClN3OS/c1-4-5-8-11-12-9(10)13(8)6-7(2)15(3)14/h7H,4-6H2,1-3H3. The Hall–Kier alpha value is -0.420. The van der Waals surface area contributed by atoms with Crippen molar-refractivity contribution in [1.82, 2.24) is 14.8 Å². The summed E-state index contributed by atoms with van der Waals surface area (Å²) in [4.78, 5) is 0. The highest BCUT2D eigenvalue weighted by atomic mass is 35.5. The lowest BCUT2D eigenvalue weighted by Crippen LogP contribution is -2.19. The average Bonchev–Trinajstić information content (AvgIpc) is 2.50. The van der Waals surface area contributed by atoms with E-state index in [1.807, 2.05) is 11.5 Å². The van der Waals surface area contributed by atoms with Gasteiger partial charge in [0, 0.05) is 35.3 Å². The van der Waals surface area contributed by atoms with Gasteiger partial charge in [0.25, 0.3) is 0 Å². The Labute approximate surface area is 97.5 Å². The molecule has 1 heterocycles. The minimum Gasteiger partial charge on any atom is -0.301 e. The number of hydrogen-bond acceptors (Lipinski definition) is 3. The predicted molar refractivity (Wildman–Crippen MR) is 62.6 cm³/mol. The fourth-order valence-electron chi connectivity index (χ4n) is 1.26. The smallest absolute Gasteiger partial charge is 0.225 e. The molecule has 1 aromatic heterocycles. The number of nitrogens with zero attached hydrogens (tertiary/aromatic N) is 3. The van der Waals surface area contributed by atoms with E-state index in [1.54, 1.807) is 6.26 Å². The highest BCUT2D eigenvalue weighted by Crippen LogP contribution is 2.12. The molecule has 4 nitrogen and oxygen atoms in total. The molecule has 1 rings (SSSR count). The van der Waals surface area contributed by atoms with Crippen molar-refractivity contribution >= 4 is 22.4 Å². The molecule has 0 fully saturated rings. The van der Waals surface area contributed by atoms with Gasteiger partial charge in [-0.15, -0.1) is 10.2 Å². The van der Waals surface area contributed by atoms with E-state index >= 15 is 0 Å². The highest BCUT2D eigenvalue weighted by Gasteiger charge is 2.14. The SMILES string of the molecule is CCCc1nnc(Cl)n1CC(C)S(C)=O. The zero-order valence-corrected chi connectivity index (χ0v) is 10.8. The quantitative estimate of drug-likeness (QED) is 0.797. The second-order valence-corrected chi connectivity index (χ2v) is 5.70. The van der Waals surface area contributed by atoms with Gasteiger partial charge in [-0.05, 0) is 24.9 Å². The molecule has 1 aromatic rings. The number of aromatic nitrogens is 3. The maximum absolute atomic E-state index is 11.3. The van der Waals surface area contributed by atoms with Crippen LogP contribution in [0.1, 0.15) is 26.1 Å². The maximum Gasteiger partial charge on any atom is 0.225 e. The van der Waals surface area contributed by atoms with Gasteiger partial charge >= 0.3 is 0 Å². The first-order valence-corrected chi connectivity index (χ1v) is 6.96. The van der Waals surface area contributed by atoms with Crippen LogP contribution in [0.4, 0.5) is 0 Å². The minimum absolute atomic E-state index is 0.0640. The van der Waals surface area contributed by atoms with Crippen LogP contribution in [0.3, 0.4) is 0 Å². The molecule has 0 aliphatic rings. The van der Waals surface area contributed by atoms with Crippen LogP contribution in [0.2, 0.25) is 5.28 Å². The van der Waals surface area contributed by atoms with Crippen molar-refractivity contribution in [1.29, 1.82) is 0 Å². The lowest BCUT2D eigenvalue weighted by atomic mass is 10.3. The van der Waals surface area contributed by atoms with Crippen molar-refractivity contribution < 1.29 is 4.21 Å². The van der Waals surface area contributed by atoms with Gasteiger partial charge in [-0.1, -0.05) is 6.92 Å². The third-order valence-electron chi connectivity index (χ3n) is 2.26. The zero-order chi connectivity index (χ0) is 11.4. The van der Waals surface area contributed by atoms with Crippen LogP contribution in [0.25, 0.3) is 0 Å². The number of aryl methyl sites for hydroxylation is 1. The molecule has 0 spiro atoms. The molecular weight excluding hydrogens is 234 g/mol. The van der Waals surface area contributed by atoms with E-state index in [0.717, 1.165) is 18.7 Å². The van der Waals surface area contributed by atoms with E-state index in [4.69, 9.17) is 11.6 Å². The van der Waals surface area contributed by atoms with E-state index in [0.29, 0.717) is 11.8 Å². The molecule has 0 radical (unpaired) electrons. The predicted octanol–water partition coefficient (Wildman–Crippen LogP) is 1.65. The summed E-state index contributed by atoms with van der Waals surface area (Å²) < 4.78 is 13.1. The molecule has 0 aliphatic heterocycles. The largest absolute Gasteiger partial charge is 0.301 e. The molecule has 2 unspecified atom stereocenters. The Kier molecular flexibility index (Phi) is 4.73. The monoisotopic (exact) mass is 249 g/mol. The second kappa shape index (κ2) is 5.61. The van der Waals surface area contributed by atoms with Crippen LogP contribution in [0.15, 0.2) is 0 Å². The summed E-state index contributed by atoms with van der Waals surface area (Å²) in [6.45, 7) is 4.63. The van der Waals surface area contributed by atoms with Crippen LogP contribution in [0.5, 0.6) is 0 Å². The third-order valence-corrected chi connectivity index (χ3v) is 3.82. The first-order valence-electron chi connectivity index (χ1n) is 4.96. The van der Waals surface area contributed by atoms with Gasteiger partial charge in [0.05, 0.1) is 0 Å². The summed E-state index contributed by atoms with van der Waals surface area (Å²) >= 11 is 5.92. The van der Waals surface area contributed by atoms with Gasteiger partial charge < -0.3 is 4.57 Å².